The number of hydrogen-bond acceptors (Lipinski definition) is 3. The van der Waals surface area contributed by atoms with Crippen LogP contribution in [0.5, 0.6) is 0 Å². The van der Waals surface area contributed by atoms with Gasteiger partial charge in [-0.2, -0.15) is 0 Å². The molecule has 18 heavy (non-hydrogen) atoms. The molecule has 0 saturated heterocycles. The Hall–Kier alpha value is -1.39. The van der Waals surface area contributed by atoms with E-state index in [1.165, 1.54) is 0 Å². The Bertz CT molecular complexity index is 509. The number of nitrogens with two attached hydrogens (primary N) is 1. The van der Waals surface area contributed by atoms with E-state index in [2.05, 4.69) is 17.2 Å². The minimum Gasteiger partial charge on any atom is -0.323 e. The molecule has 0 fully saturated rings. The van der Waals surface area contributed by atoms with Crippen LogP contribution in [0.2, 0.25) is 5.02 Å². The summed E-state index contributed by atoms with van der Waals surface area (Å²) in [5.74, 6) is 0. The van der Waals surface area contributed by atoms with Crippen LogP contribution in [0.15, 0.2) is 30.5 Å². The van der Waals surface area contributed by atoms with Crippen molar-refractivity contribution in [3.8, 4) is 0 Å². The zero-order chi connectivity index (χ0) is 13.0. The Balaban J connectivity index is 2.09. The molecule has 96 valence electrons. The second kappa shape index (κ2) is 5.98. The topological polar surface area (TPSA) is 56.7 Å². The van der Waals surface area contributed by atoms with Crippen molar-refractivity contribution in [3.63, 3.8) is 0 Å². The molecule has 0 aliphatic carbocycles. The summed E-state index contributed by atoms with van der Waals surface area (Å²) in [6.07, 6.45) is 3.85. The molecule has 0 spiro atoms. The van der Waals surface area contributed by atoms with Gasteiger partial charge in [0.15, 0.2) is 0 Å². The predicted molar refractivity (Wildman–Crippen MR) is 72.4 cm³/mol. The Morgan fingerprint density at radius 2 is 2.17 bits per heavy atom. The van der Waals surface area contributed by atoms with E-state index in [9.17, 15) is 0 Å². The van der Waals surface area contributed by atoms with E-state index in [-0.39, 0.29) is 6.04 Å². The Labute approximate surface area is 112 Å². The first-order chi connectivity index (χ1) is 8.70. The summed E-state index contributed by atoms with van der Waals surface area (Å²) in [4.78, 5) is 0. The monoisotopic (exact) mass is 264 g/mol. The lowest BCUT2D eigenvalue weighted by molar-refractivity contribution is 0.617. The van der Waals surface area contributed by atoms with Crippen molar-refractivity contribution in [2.24, 2.45) is 5.73 Å². The number of halogens is 1. The lowest BCUT2D eigenvalue weighted by Gasteiger charge is -2.05. The summed E-state index contributed by atoms with van der Waals surface area (Å²) < 4.78 is 1.77. The van der Waals surface area contributed by atoms with Gasteiger partial charge in [0.2, 0.25) is 0 Å². The van der Waals surface area contributed by atoms with Gasteiger partial charge in [-0.25, -0.2) is 4.68 Å². The van der Waals surface area contributed by atoms with Crippen LogP contribution in [-0.4, -0.2) is 15.0 Å². The molecule has 4 nitrogen and oxygen atoms in total. The van der Waals surface area contributed by atoms with Crippen molar-refractivity contribution in [1.82, 2.24) is 15.0 Å². The number of benzene rings is 1. The van der Waals surface area contributed by atoms with Crippen LogP contribution in [-0.2, 0) is 6.54 Å². The smallest absolute Gasteiger partial charge is 0.0994 e. The SMILES string of the molecule is CCCC(N)c1cn(Cc2ccccc2Cl)nn1. The minimum atomic E-state index is -0.0324. The summed E-state index contributed by atoms with van der Waals surface area (Å²) in [5.41, 5.74) is 7.86. The van der Waals surface area contributed by atoms with E-state index in [0.29, 0.717) is 6.54 Å². The Morgan fingerprint density at radius 3 is 2.89 bits per heavy atom. The van der Waals surface area contributed by atoms with Crippen molar-refractivity contribution in [3.05, 3.63) is 46.7 Å². The Kier molecular flexibility index (Phi) is 4.33. The van der Waals surface area contributed by atoms with E-state index in [1.807, 2.05) is 30.5 Å². The third-order valence-electron chi connectivity index (χ3n) is 2.83. The van der Waals surface area contributed by atoms with Crippen LogP contribution in [0.4, 0.5) is 0 Å². The molecule has 0 amide bonds. The summed E-state index contributed by atoms with van der Waals surface area (Å²) in [5, 5.41) is 8.93. The Morgan fingerprint density at radius 1 is 1.39 bits per heavy atom. The second-order valence-electron chi connectivity index (χ2n) is 4.33. The van der Waals surface area contributed by atoms with Crippen LogP contribution in [0.3, 0.4) is 0 Å². The summed E-state index contributed by atoms with van der Waals surface area (Å²) in [6, 6.07) is 7.69. The van der Waals surface area contributed by atoms with Gasteiger partial charge in [0, 0.05) is 5.02 Å². The molecule has 0 aliphatic heterocycles. The van der Waals surface area contributed by atoms with Gasteiger partial charge in [-0.15, -0.1) is 5.10 Å². The standard InChI is InChI=1S/C13H17ClN4/c1-2-5-12(15)13-9-18(17-16-13)8-10-6-3-4-7-11(10)14/h3-4,6-7,9,12H,2,5,8,15H2,1H3. The highest BCUT2D eigenvalue weighted by Gasteiger charge is 2.10. The second-order valence-corrected chi connectivity index (χ2v) is 4.73. The molecule has 0 bridgehead atoms. The molecular weight excluding hydrogens is 248 g/mol. The van der Waals surface area contributed by atoms with Gasteiger partial charge in [-0.05, 0) is 18.1 Å². The first kappa shape index (κ1) is 13.1. The average Bonchev–Trinajstić information content (AvgIpc) is 2.81. The average molecular weight is 265 g/mol. The van der Waals surface area contributed by atoms with Crippen LogP contribution in [0, 0.1) is 0 Å². The highest BCUT2D eigenvalue weighted by atomic mass is 35.5. The van der Waals surface area contributed by atoms with Crippen molar-refractivity contribution in [2.45, 2.75) is 32.4 Å². The van der Waals surface area contributed by atoms with Crippen molar-refractivity contribution < 1.29 is 0 Å². The maximum atomic E-state index is 6.11. The van der Waals surface area contributed by atoms with E-state index in [0.717, 1.165) is 29.1 Å². The van der Waals surface area contributed by atoms with Crippen LogP contribution in [0.1, 0.15) is 37.1 Å². The van der Waals surface area contributed by atoms with Crippen molar-refractivity contribution in [2.75, 3.05) is 0 Å². The molecule has 2 aromatic rings. The van der Waals surface area contributed by atoms with E-state index >= 15 is 0 Å². The van der Waals surface area contributed by atoms with Crippen LogP contribution >= 0.6 is 11.6 Å². The molecule has 0 radical (unpaired) electrons. The van der Waals surface area contributed by atoms with Gasteiger partial charge in [0.1, 0.15) is 0 Å². The van der Waals surface area contributed by atoms with Crippen molar-refractivity contribution >= 4 is 11.6 Å². The van der Waals surface area contributed by atoms with Gasteiger partial charge < -0.3 is 5.73 Å². The quantitative estimate of drug-likeness (QED) is 0.903. The largest absolute Gasteiger partial charge is 0.323 e. The minimum absolute atomic E-state index is 0.0324. The first-order valence-electron chi connectivity index (χ1n) is 6.09. The molecule has 1 atom stereocenters. The normalized spacial score (nSPS) is 12.6. The molecule has 5 heteroatoms. The molecule has 0 aliphatic rings. The molecule has 2 rings (SSSR count). The van der Waals surface area contributed by atoms with Gasteiger partial charge in [-0.1, -0.05) is 48.4 Å². The van der Waals surface area contributed by atoms with Gasteiger partial charge in [0.05, 0.1) is 24.5 Å². The molecule has 1 unspecified atom stereocenters. The van der Waals surface area contributed by atoms with Crippen LogP contribution < -0.4 is 5.73 Å². The van der Waals surface area contributed by atoms with Gasteiger partial charge in [-0.3, -0.25) is 0 Å². The zero-order valence-corrected chi connectivity index (χ0v) is 11.1. The molecular formula is C13H17ClN4. The predicted octanol–water partition coefficient (Wildman–Crippen LogP) is 2.78. The number of nitrogens with zero attached hydrogens (tertiary/aromatic N) is 3. The van der Waals surface area contributed by atoms with Crippen molar-refractivity contribution in [1.29, 1.82) is 0 Å². The molecule has 1 heterocycles. The summed E-state index contributed by atoms with van der Waals surface area (Å²) in [6.45, 7) is 2.72. The third kappa shape index (κ3) is 3.09. The summed E-state index contributed by atoms with van der Waals surface area (Å²) >= 11 is 6.11. The van der Waals surface area contributed by atoms with E-state index < -0.39 is 0 Å². The maximum absolute atomic E-state index is 6.11. The number of aromatic nitrogens is 3. The molecule has 2 N–H and O–H groups in total. The lowest BCUT2D eigenvalue weighted by atomic mass is 10.1. The fraction of sp³-hybridized carbons (Fsp3) is 0.385. The first-order valence-corrected chi connectivity index (χ1v) is 6.47. The fourth-order valence-corrected chi connectivity index (χ4v) is 2.02. The molecule has 0 saturated carbocycles. The number of hydrogen-bond donors (Lipinski definition) is 1. The highest BCUT2D eigenvalue weighted by molar-refractivity contribution is 6.31. The van der Waals surface area contributed by atoms with E-state index in [4.69, 9.17) is 17.3 Å². The summed E-state index contributed by atoms with van der Waals surface area (Å²) in [7, 11) is 0. The fourth-order valence-electron chi connectivity index (χ4n) is 1.82. The lowest BCUT2D eigenvalue weighted by Crippen LogP contribution is -2.10. The third-order valence-corrected chi connectivity index (χ3v) is 3.19. The molecule has 1 aromatic carbocycles. The molecule has 1 aromatic heterocycles. The van der Waals surface area contributed by atoms with Crippen LogP contribution in [0.25, 0.3) is 0 Å². The number of rotatable bonds is 5. The highest BCUT2D eigenvalue weighted by Crippen LogP contribution is 2.17. The maximum Gasteiger partial charge on any atom is 0.0994 e. The zero-order valence-electron chi connectivity index (χ0n) is 10.4. The van der Waals surface area contributed by atoms with Gasteiger partial charge >= 0.3 is 0 Å². The van der Waals surface area contributed by atoms with E-state index in [1.54, 1.807) is 4.68 Å². The van der Waals surface area contributed by atoms with Gasteiger partial charge in [0.25, 0.3) is 0 Å².